The molecule has 1 fully saturated rings. The number of likely N-dealkylation sites (tertiary alicyclic amines) is 1. The molecule has 0 spiro atoms. The lowest BCUT2D eigenvalue weighted by molar-refractivity contribution is -0.141. The van der Waals surface area contributed by atoms with Crippen molar-refractivity contribution >= 4 is 11.8 Å². The molecule has 0 unspecified atom stereocenters. The van der Waals surface area contributed by atoms with E-state index in [4.69, 9.17) is 4.74 Å². The first-order chi connectivity index (χ1) is 12.1. The van der Waals surface area contributed by atoms with Gasteiger partial charge in [-0.3, -0.25) is 14.5 Å². The molecule has 3 atom stereocenters. The first-order valence-electron chi connectivity index (χ1n) is 8.61. The van der Waals surface area contributed by atoms with Crippen LogP contribution in [0.4, 0.5) is 0 Å². The minimum absolute atomic E-state index is 0.0196. The summed E-state index contributed by atoms with van der Waals surface area (Å²) in [6.07, 6.45) is 6.65. The number of ether oxygens (including phenoxy) is 1. The molecule has 1 heterocycles. The third-order valence-corrected chi connectivity index (χ3v) is 4.76. The van der Waals surface area contributed by atoms with Crippen molar-refractivity contribution in [3.63, 3.8) is 0 Å². The normalized spacial score (nSPS) is 23.5. The number of aliphatic hydroxyl groups excluding tert-OH is 1. The molecule has 1 aromatic carbocycles. The van der Waals surface area contributed by atoms with Crippen LogP contribution in [0.25, 0.3) is 0 Å². The Balaban J connectivity index is 1.58. The van der Waals surface area contributed by atoms with Gasteiger partial charge in [0.05, 0.1) is 18.4 Å². The largest absolute Gasteiger partial charge is 0.491 e. The molecular weight excluding hydrogens is 318 g/mol. The van der Waals surface area contributed by atoms with E-state index >= 15 is 0 Å². The van der Waals surface area contributed by atoms with E-state index in [1.54, 1.807) is 6.08 Å². The molecule has 0 radical (unpaired) electrons. The highest BCUT2D eigenvalue weighted by Gasteiger charge is 2.47. The van der Waals surface area contributed by atoms with Crippen LogP contribution in [-0.4, -0.2) is 41.1 Å². The quantitative estimate of drug-likeness (QED) is 0.609. The zero-order valence-electron chi connectivity index (χ0n) is 14.1. The van der Waals surface area contributed by atoms with Crippen LogP contribution in [0.3, 0.4) is 0 Å². The number of imide groups is 1. The molecule has 3 rings (SSSR count). The number of para-hydroxylation sites is 1. The summed E-state index contributed by atoms with van der Waals surface area (Å²) >= 11 is 0. The third kappa shape index (κ3) is 3.66. The molecule has 132 valence electrons. The molecule has 5 heteroatoms. The molecule has 0 saturated carbocycles. The Morgan fingerprint density at radius 3 is 2.48 bits per heavy atom. The molecule has 1 aliphatic heterocycles. The number of allylic oxidation sites excluding steroid dienone is 3. The summed E-state index contributed by atoms with van der Waals surface area (Å²) in [5, 5.41) is 10.3. The van der Waals surface area contributed by atoms with Gasteiger partial charge in [-0.15, -0.1) is 6.58 Å². The van der Waals surface area contributed by atoms with Crippen LogP contribution in [0.2, 0.25) is 0 Å². The van der Waals surface area contributed by atoms with Crippen molar-refractivity contribution < 1.29 is 19.4 Å². The van der Waals surface area contributed by atoms with Crippen LogP contribution in [-0.2, 0) is 16.0 Å². The Kier molecular flexibility index (Phi) is 5.34. The fourth-order valence-corrected chi connectivity index (χ4v) is 3.47. The molecule has 1 aromatic rings. The average molecular weight is 341 g/mol. The van der Waals surface area contributed by atoms with Crippen LogP contribution in [0.1, 0.15) is 18.4 Å². The number of carbonyl (C=O) groups is 2. The number of amides is 2. The second-order valence-electron chi connectivity index (χ2n) is 6.51. The van der Waals surface area contributed by atoms with Gasteiger partial charge in [-0.2, -0.15) is 0 Å². The predicted molar refractivity (Wildman–Crippen MR) is 93.9 cm³/mol. The minimum Gasteiger partial charge on any atom is -0.491 e. The Hall–Kier alpha value is -2.40. The van der Waals surface area contributed by atoms with E-state index < -0.39 is 6.10 Å². The second kappa shape index (κ2) is 7.66. The summed E-state index contributed by atoms with van der Waals surface area (Å²) < 4.78 is 5.69. The maximum absolute atomic E-state index is 12.4. The van der Waals surface area contributed by atoms with Gasteiger partial charge in [-0.05, 0) is 30.9 Å². The topological polar surface area (TPSA) is 66.8 Å². The molecule has 2 aliphatic rings. The first kappa shape index (κ1) is 17.4. The SMILES string of the molecule is C=CCc1ccccc1OC[C@H](O)CN1C(=O)[C@H]2CC=CC[C@@H]2C1=O. The third-order valence-electron chi connectivity index (χ3n) is 4.76. The van der Waals surface area contributed by atoms with Gasteiger partial charge in [-0.1, -0.05) is 36.4 Å². The molecule has 1 N–H and O–H groups in total. The first-order valence-corrected chi connectivity index (χ1v) is 8.61. The zero-order chi connectivity index (χ0) is 17.8. The van der Waals surface area contributed by atoms with Gasteiger partial charge in [0.15, 0.2) is 0 Å². The fourth-order valence-electron chi connectivity index (χ4n) is 3.47. The van der Waals surface area contributed by atoms with E-state index in [-0.39, 0.29) is 36.8 Å². The van der Waals surface area contributed by atoms with Crippen molar-refractivity contribution in [3.05, 3.63) is 54.6 Å². The van der Waals surface area contributed by atoms with Crippen molar-refractivity contribution in [2.24, 2.45) is 11.8 Å². The van der Waals surface area contributed by atoms with Crippen molar-refractivity contribution in [2.45, 2.75) is 25.4 Å². The molecule has 2 amide bonds. The zero-order valence-corrected chi connectivity index (χ0v) is 14.1. The molecule has 5 nitrogen and oxygen atoms in total. The molecule has 0 bridgehead atoms. The number of aliphatic hydroxyl groups is 1. The van der Waals surface area contributed by atoms with E-state index in [2.05, 4.69) is 6.58 Å². The lowest BCUT2D eigenvalue weighted by Gasteiger charge is -2.20. The standard InChI is InChI=1S/C20H23NO4/c1-2-7-14-8-3-6-11-18(14)25-13-15(22)12-21-19(23)16-9-4-5-10-17(16)20(21)24/h2-6,8,11,15-17,22H,1,7,9-10,12-13H2/t15-,16+,17+/m1/s1. The highest BCUT2D eigenvalue weighted by Crippen LogP contribution is 2.35. The van der Waals surface area contributed by atoms with Gasteiger partial charge in [-0.25, -0.2) is 0 Å². The number of fused-ring (bicyclic) bond motifs is 1. The monoisotopic (exact) mass is 341 g/mol. The summed E-state index contributed by atoms with van der Waals surface area (Å²) in [6, 6.07) is 7.55. The van der Waals surface area contributed by atoms with E-state index in [0.717, 1.165) is 5.56 Å². The number of rotatable bonds is 7. The van der Waals surface area contributed by atoms with Crippen molar-refractivity contribution in [2.75, 3.05) is 13.2 Å². The molecule has 1 aliphatic carbocycles. The van der Waals surface area contributed by atoms with Crippen LogP contribution in [0.5, 0.6) is 5.75 Å². The van der Waals surface area contributed by atoms with Gasteiger partial charge in [0, 0.05) is 0 Å². The Labute approximate surface area is 147 Å². The molecule has 1 saturated heterocycles. The van der Waals surface area contributed by atoms with Gasteiger partial charge in [0.1, 0.15) is 18.5 Å². The lowest BCUT2D eigenvalue weighted by atomic mass is 9.85. The highest BCUT2D eigenvalue weighted by atomic mass is 16.5. The number of β-amino-alcohol motifs (C(OH)–C–C–N with tert-alkyl or cyclic N) is 1. The molecule has 25 heavy (non-hydrogen) atoms. The molecular formula is C20H23NO4. The van der Waals surface area contributed by atoms with Gasteiger partial charge in [0.25, 0.3) is 0 Å². The molecule has 0 aromatic heterocycles. The van der Waals surface area contributed by atoms with Crippen molar-refractivity contribution in [1.29, 1.82) is 0 Å². The number of carbonyl (C=O) groups excluding carboxylic acids is 2. The summed E-state index contributed by atoms with van der Waals surface area (Å²) in [4.78, 5) is 26.0. The van der Waals surface area contributed by atoms with E-state index in [1.165, 1.54) is 4.90 Å². The summed E-state index contributed by atoms with van der Waals surface area (Å²) in [7, 11) is 0. The van der Waals surface area contributed by atoms with E-state index in [9.17, 15) is 14.7 Å². The number of hydrogen-bond acceptors (Lipinski definition) is 4. The number of nitrogens with zero attached hydrogens (tertiary/aromatic N) is 1. The minimum atomic E-state index is -0.919. The van der Waals surface area contributed by atoms with E-state index in [0.29, 0.717) is 25.0 Å². The van der Waals surface area contributed by atoms with Gasteiger partial charge in [0.2, 0.25) is 11.8 Å². The van der Waals surface area contributed by atoms with Crippen molar-refractivity contribution in [1.82, 2.24) is 4.90 Å². The lowest BCUT2D eigenvalue weighted by Crippen LogP contribution is -2.40. The smallest absolute Gasteiger partial charge is 0.233 e. The summed E-state index contributed by atoms with van der Waals surface area (Å²) in [5.41, 5.74) is 0.982. The van der Waals surface area contributed by atoms with E-state index in [1.807, 2.05) is 36.4 Å². The Morgan fingerprint density at radius 1 is 1.20 bits per heavy atom. The van der Waals surface area contributed by atoms with Gasteiger partial charge < -0.3 is 9.84 Å². The fraction of sp³-hybridized carbons (Fsp3) is 0.400. The average Bonchev–Trinajstić information content (AvgIpc) is 2.87. The maximum atomic E-state index is 12.4. The highest BCUT2D eigenvalue weighted by molar-refractivity contribution is 6.05. The summed E-state index contributed by atoms with van der Waals surface area (Å²) in [6.45, 7) is 3.73. The maximum Gasteiger partial charge on any atom is 0.233 e. The Morgan fingerprint density at radius 2 is 1.84 bits per heavy atom. The van der Waals surface area contributed by atoms with Crippen LogP contribution < -0.4 is 4.74 Å². The van der Waals surface area contributed by atoms with Crippen molar-refractivity contribution in [3.8, 4) is 5.75 Å². The van der Waals surface area contributed by atoms with Crippen LogP contribution in [0.15, 0.2) is 49.1 Å². The number of benzene rings is 1. The second-order valence-corrected chi connectivity index (χ2v) is 6.51. The predicted octanol–water partition coefficient (Wildman–Crippen LogP) is 2.11. The van der Waals surface area contributed by atoms with Gasteiger partial charge >= 0.3 is 0 Å². The number of hydrogen-bond donors (Lipinski definition) is 1. The summed E-state index contributed by atoms with van der Waals surface area (Å²) in [5.74, 6) is -0.202. The van der Waals surface area contributed by atoms with Crippen LogP contribution in [0, 0.1) is 11.8 Å². The van der Waals surface area contributed by atoms with Crippen LogP contribution >= 0.6 is 0 Å². The Bertz CT molecular complexity index is 671.